The van der Waals surface area contributed by atoms with Crippen molar-refractivity contribution in [2.24, 2.45) is 0 Å². The second-order valence-electron chi connectivity index (χ2n) is 31.6. The molecule has 0 spiro atoms. The van der Waals surface area contributed by atoms with Gasteiger partial charge in [-0.3, -0.25) is 0 Å². The van der Waals surface area contributed by atoms with E-state index < -0.39 is 16.2 Å². The van der Waals surface area contributed by atoms with Gasteiger partial charge >= 0.3 is 0 Å². The van der Waals surface area contributed by atoms with Gasteiger partial charge in [-0.05, 0) is 243 Å². The maximum absolute atomic E-state index is 2.76. The van der Waals surface area contributed by atoms with Gasteiger partial charge in [0.1, 0.15) is 0 Å². The van der Waals surface area contributed by atoms with Gasteiger partial charge in [-0.15, -0.1) is 0 Å². The quantitative estimate of drug-likeness (QED) is 0.121. The maximum atomic E-state index is 2.76. The Morgan fingerprint density at radius 2 is 0.422 bits per heavy atom. The number of rotatable bonds is 12. The Labute approximate surface area is 636 Å². The number of hydrogen-bond acceptors (Lipinski definition) is 4. The van der Waals surface area contributed by atoms with Gasteiger partial charge in [-0.25, -0.2) is 0 Å². The van der Waals surface area contributed by atoms with Crippen LogP contribution in [0.5, 0.6) is 0 Å². The minimum absolute atomic E-state index is 0.481. The Kier molecular flexibility index (Phi) is 14.3. The highest BCUT2D eigenvalue weighted by Crippen LogP contribution is 2.68. The summed E-state index contributed by atoms with van der Waals surface area (Å²) in [6.07, 6.45) is 0. The molecule has 0 radical (unpaired) electrons. The third kappa shape index (κ3) is 9.91. The zero-order valence-electron chi connectivity index (χ0n) is 61.9. The van der Waals surface area contributed by atoms with Crippen molar-refractivity contribution in [3.05, 3.63) is 397 Å². The van der Waals surface area contributed by atoms with Crippen LogP contribution in [0.3, 0.4) is 0 Å². The van der Waals surface area contributed by atoms with Crippen LogP contribution >= 0.6 is 0 Å². The van der Waals surface area contributed by atoms with Crippen molar-refractivity contribution in [3.8, 4) is 33.4 Å². The van der Waals surface area contributed by atoms with Crippen molar-refractivity contribution in [2.45, 2.75) is 57.8 Å². The molecule has 21 rings (SSSR count). The highest BCUT2D eigenvalue weighted by atomic mass is 15.2. The summed E-state index contributed by atoms with van der Waals surface area (Å²) in [4.78, 5) is 10.1. The molecule has 0 N–H and O–H groups in total. The summed E-state index contributed by atoms with van der Waals surface area (Å²) in [6, 6.07) is 136. The van der Waals surface area contributed by atoms with Gasteiger partial charge in [-0.2, -0.15) is 0 Å². The molecule has 0 atom stereocenters. The van der Waals surface area contributed by atoms with E-state index >= 15 is 0 Å². The molecule has 0 amide bonds. The van der Waals surface area contributed by atoms with Crippen LogP contribution in [0.25, 0.3) is 98.0 Å². The summed E-state index contributed by atoms with van der Waals surface area (Å²) < 4.78 is 0. The number of benzene rings is 18. The van der Waals surface area contributed by atoms with Gasteiger partial charge in [0.05, 0.1) is 34.1 Å². The average molecular weight is 1400 g/mol. The zero-order chi connectivity index (χ0) is 73.0. The number of para-hydroxylation sites is 3. The highest BCUT2D eigenvalue weighted by molar-refractivity contribution is 6.12. The fraction of sp³-hybridized carbons (Fsp3) is 0.0857. The molecule has 4 heteroatoms. The average Bonchev–Trinajstić information content (AvgIpc) is 0.660. The van der Waals surface area contributed by atoms with Gasteiger partial charge in [-0.1, -0.05) is 278 Å². The molecule has 18 aromatic rings. The minimum atomic E-state index is -0.481. The zero-order valence-corrected chi connectivity index (χ0v) is 61.9. The molecule has 109 heavy (non-hydrogen) atoms. The Morgan fingerprint density at radius 1 is 0.193 bits per heavy atom. The fourth-order valence-electron chi connectivity index (χ4n) is 18.9. The van der Waals surface area contributed by atoms with Crippen LogP contribution in [0, 0.1) is 0 Å². The van der Waals surface area contributed by atoms with E-state index in [0.29, 0.717) is 0 Å². The molecule has 0 saturated heterocycles. The van der Waals surface area contributed by atoms with E-state index in [9.17, 15) is 0 Å². The standard InChI is InChI=1S/C105H78N4/c1-103(2)91-61-73(82-52-55-97(88-43-25-22-40-85(82)88)106(76-34-10-7-11-35-76)79-49-46-67-28-16-19-31-70(67)58-79)63-93-100(91)109-101-92(103)62-74(83-53-56-98(89-44-26-23-41-86(83)89)107(77-36-12-8-13-37-77)80-50-47-68-29-17-20-32-71(68)59-80)64-94(101)105(5,6)96-66-75(65-95(102(96)109)104(93,3)4)84-54-57-99(90-45-27-24-42-87(84)90)108(78-38-14-9-15-39-78)81-51-48-69-30-18-21-33-72(69)60-81/h7-66H,1-6H3. The second-order valence-corrected chi connectivity index (χ2v) is 31.6. The summed E-state index contributed by atoms with van der Waals surface area (Å²) >= 11 is 0. The smallest absolute Gasteiger partial charge is 0.0544 e. The first-order valence-corrected chi connectivity index (χ1v) is 38.3. The molecular weight excluding hydrogens is 1320 g/mol. The Morgan fingerprint density at radius 3 is 0.688 bits per heavy atom. The highest BCUT2D eigenvalue weighted by Gasteiger charge is 2.53. The van der Waals surface area contributed by atoms with Crippen LogP contribution in [0.1, 0.15) is 74.9 Å². The molecule has 4 nitrogen and oxygen atoms in total. The Balaban J connectivity index is 0.794. The normalized spacial score (nSPS) is 14.0. The first kappa shape index (κ1) is 64.1. The van der Waals surface area contributed by atoms with Crippen LogP contribution < -0.4 is 19.6 Å². The molecule has 3 aliphatic heterocycles. The SMILES string of the molecule is CC1(C)c2cc(-c3ccc(N(c4ccccc4)c4ccc5ccccc5c4)c4ccccc34)cc3c2N2c4c1cc(-c1ccc(N(c5ccccc5)c5ccc6ccccc6c5)c5ccccc15)cc4C(C)(C)c1cc(-c4ccc(N(c5ccccc5)c5ccc6ccccc6c5)c5ccccc45)cc(c12)C3(C)C. The number of fused-ring (bicyclic) bond motifs is 6. The van der Waals surface area contributed by atoms with Gasteiger partial charge < -0.3 is 19.6 Å². The van der Waals surface area contributed by atoms with E-state index in [0.717, 1.165) is 51.2 Å². The molecular formula is C105H78N4. The summed E-state index contributed by atoms with van der Waals surface area (Å²) in [5, 5.41) is 14.4. The lowest BCUT2D eigenvalue weighted by Crippen LogP contribution is -2.43. The predicted octanol–water partition coefficient (Wildman–Crippen LogP) is 29.4. The predicted molar refractivity (Wildman–Crippen MR) is 463 cm³/mol. The van der Waals surface area contributed by atoms with Gasteiger partial charge in [0.2, 0.25) is 0 Å². The number of nitrogens with zero attached hydrogens (tertiary/aromatic N) is 4. The Hall–Kier alpha value is -13.3. The van der Waals surface area contributed by atoms with Crippen molar-refractivity contribution in [3.63, 3.8) is 0 Å². The van der Waals surface area contributed by atoms with Gasteiger partial charge in [0.25, 0.3) is 0 Å². The lowest BCUT2D eigenvalue weighted by molar-refractivity contribution is 0.567. The molecule has 0 fully saturated rings. The summed E-state index contributed by atoms with van der Waals surface area (Å²) in [5.41, 5.74) is 27.7. The molecule has 518 valence electrons. The largest absolute Gasteiger partial charge is 0.310 e. The molecule has 0 bridgehead atoms. The molecule has 0 aromatic heterocycles. The third-order valence-corrected chi connectivity index (χ3v) is 24.4. The Bertz CT molecular complexity index is 6060. The summed E-state index contributed by atoms with van der Waals surface area (Å²) in [5.74, 6) is 0. The summed E-state index contributed by atoms with van der Waals surface area (Å²) in [6.45, 7) is 15.1. The van der Waals surface area contributed by atoms with Crippen LogP contribution in [0.15, 0.2) is 364 Å². The van der Waals surface area contributed by atoms with E-state index in [-0.39, 0.29) is 0 Å². The number of hydrogen-bond donors (Lipinski definition) is 0. The van der Waals surface area contributed by atoms with Crippen molar-refractivity contribution >= 4 is 133 Å². The van der Waals surface area contributed by atoms with E-state index in [1.807, 2.05) is 0 Å². The maximum Gasteiger partial charge on any atom is 0.0544 e. The molecule has 3 heterocycles. The molecule has 0 unspecified atom stereocenters. The molecule has 3 aliphatic rings. The second kappa shape index (κ2) is 24.4. The van der Waals surface area contributed by atoms with E-state index in [2.05, 4.69) is 425 Å². The van der Waals surface area contributed by atoms with E-state index in [4.69, 9.17) is 0 Å². The van der Waals surface area contributed by atoms with Crippen LogP contribution in [0.2, 0.25) is 0 Å². The molecule has 18 aromatic carbocycles. The summed E-state index contributed by atoms with van der Waals surface area (Å²) in [7, 11) is 0. The van der Waals surface area contributed by atoms with Crippen molar-refractivity contribution < 1.29 is 0 Å². The third-order valence-electron chi connectivity index (χ3n) is 24.4. The lowest BCUT2D eigenvalue weighted by Gasteiger charge is -2.55. The molecule has 0 saturated carbocycles. The lowest BCUT2D eigenvalue weighted by atomic mass is 9.59. The van der Waals surface area contributed by atoms with Gasteiger partial charge in [0, 0.05) is 66.5 Å². The number of anilines is 12. The van der Waals surface area contributed by atoms with Gasteiger partial charge in [0.15, 0.2) is 0 Å². The van der Waals surface area contributed by atoms with Crippen molar-refractivity contribution in [1.82, 2.24) is 0 Å². The van der Waals surface area contributed by atoms with Crippen LogP contribution in [-0.2, 0) is 16.2 Å². The monoisotopic (exact) mass is 1390 g/mol. The molecule has 0 aliphatic carbocycles. The van der Waals surface area contributed by atoms with E-state index in [1.54, 1.807) is 0 Å². The fourth-order valence-corrected chi connectivity index (χ4v) is 18.9. The van der Waals surface area contributed by atoms with Crippen LogP contribution in [0.4, 0.5) is 68.2 Å². The minimum Gasteiger partial charge on any atom is -0.310 e. The van der Waals surface area contributed by atoms with E-state index in [1.165, 1.54) is 148 Å². The topological polar surface area (TPSA) is 13.0 Å². The van der Waals surface area contributed by atoms with Crippen molar-refractivity contribution in [1.29, 1.82) is 0 Å². The first-order valence-electron chi connectivity index (χ1n) is 38.3. The van der Waals surface area contributed by atoms with Crippen molar-refractivity contribution in [2.75, 3.05) is 19.6 Å². The first-order chi connectivity index (χ1) is 53.3. The van der Waals surface area contributed by atoms with Crippen LogP contribution in [-0.4, -0.2) is 0 Å².